The first kappa shape index (κ1) is 27.4. The van der Waals surface area contributed by atoms with Crippen LogP contribution in [0, 0.1) is 0 Å². The maximum absolute atomic E-state index is 12.2. The standard InChI is InChI=1S/C17H29N3O12P2/c1-8-6-20(10(3)19-16(8)23)14-5-12(21)13(30-14)7-28-33(24,25)32-34(26,27)31-17-15(22)11(18)4-9(2)29-17/h6,9,11-15,17,21-22H,3-5,7,18H2,1-2H3,(H,19,23)(H,24,25)(H,26,27)/t9?,11-,12?,13+,14+,15?,17+/m0/s1. The molecule has 3 aliphatic heterocycles. The van der Waals surface area contributed by atoms with Gasteiger partial charge in [0, 0.05) is 24.2 Å². The van der Waals surface area contributed by atoms with E-state index in [9.17, 15) is 33.9 Å². The largest absolute Gasteiger partial charge is 0.483 e. The van der Waals surface area contributed by atoms with Gasteiger partial charge in [0.15, 0.2) is 6.29 Å². The Bertz CT molecular complexity index is 931. The van der Waals surface area contributed by atoms with Crippen LogP contribution in [0.15, 0.2) is 24.2 Å². The van der Waals surface area contributed by atoms with Crippen molar-refractivity contribution in [3.63, 3.8) is 0 Å². The van der Waals surface area contributed by atoms with E-state index in [1.54, 1.807) is 13.8 Å². The maximum atomic E-state index is 12.2. The fraction of sp³-hybridized carbons (Fsp3) is 0.706. The predicted octanol–water partition coefficient (Wildman–Crippen LogP) is -0.657. The Morgan fingerprint density at radius 3 is 2.62 bits per heavy atom. The van der Waals surface area contributed by atoms with Gasteiger partial charge >= 0.3 is 15.6 Å². The second-order valence-corrected chi connectivity index (χ2v) is 11.2. The third-order valence-electron chi connectivity index (χ3n) is 5.31. The van der Waals surface area contributed by atoms with Gasteiger partial charge in [-0.2, -0.15) is 4.31 Å². The highest BCUT2D eigenvalue weighted by Crippen LogP contribution is 2.61. The number of phosphoric ester groups is 2. The van der Waals surface area contributed by atoms with Crippen LogP contribution in [0.1, 0.15) is 26.7 Å². The molecular weight excluding hydrogens is 500 g/mol. The van der Waals surface area contributed by atoms with Gasteiger partial charge in [-0.05, 0) is 20.3 Å². The molecule has 2 fully saturated rings. The quantitative estimate of drug-likeness (QED) is 0.215. The van der Waals surface area contributed by atoms with E-state index in [2.05, 4.69) is 20.7 Å². The van der Waals surface area contributed by atoms with Crippen LogP contribution in [0.5, 0.6) is 0 Å². The summed E-state index contributed by atoms with van der Waals surface area (Å²) in [7, 11) is -10.4. The lowest BCUT2D eigenvalue weighted by Crippen LogP contribution is -2.52. The molecule has 0 aromatic heterocycles. The molecule has 17 heteroatoms. The molecule has 0 saturated carbocycles. The van der Waals surface area contributed by atoms with E-state index in [4.69, 9.17) is 19.7 Å². The lowest BCUT2D eigenvalue weighted by molar-refractivity contribution is -0.208. The summed E-state index contributed by atoms with van der Waals surface area (Å²) in [6.45, 7) is 6.18. The number of hydrogen-bond acceptors (Lipinski definition) is 12. The summed E-state index contributed by atoms with van der Waals surface area (Å²) in [6.07, 6.45) is -4.92. The summed E-state index contributed by atoms with van der Waals surface area (Å²) in [5.74, 6) is -0.124. The number of nitrogens with one attached hydrogen (secondary N) is 1. The van der Waals surface area contributed by atoms with Gasteiger partial charge in [-0.1, -0.05) is 6.58 Å². The number of aliphatic hydroxyl groups excluding tert-OH is 2. The Balaban J connectivity index is 1.55. The molecule has 0 bridgehead atoms. The van der Waals surface area contributed by atoms with Gasteiger partial charge in [-0.3, -0.25) is 13.8 Å². The number of nitrogens with zero attached hydrogens (tertiary/aromatic N) is 1. The van der Waals surface area contributed by atoms with E-state index in [0.717, 1.165) is 0 Å². The molecule has 3 heterocycles. The molecule has 3 rings (SSSR count). The molecule has 0 aromatic rings. The normalized spacial score (nSPS) is 38.1. The number of phosphoric acid groups is 2. The number of carbonyl (C=O) groups is 1. The fourth-order valence-corrected chi connectivity index (χ4v) is 5.74. The molecule has 1 amide bonds. The summed E-state index contributed by atoms with van der Waals surface area (Å²) in [5.41, 5.74) is 6.08. The molecule has 15 nitrogen and oxygen atoms in total. The van der Waals surface area contributed by atoms with Gasteiger partial charge in [-0.15, -0.1) is 0 Å². The topological polar surface area (TPSA) is 220 Å². The average Bonchev–Trinajstić information content (AvgIpc) is 3.06. The average molecular weight is 529 g/mol. The SMILES string of the molecule is C=C1NC(=O)C(C)=CN1[C@H]1CC(O)[C@@H](COP(=O)(O)OP(=O)(O)O[C@H]2OC(C)C[C@H](N)C2O)O1. The number of aliphatic hydroxyl groups is 2. The highest BCUT2D eigenvalue weighted by molar-refractivity contribution is 7.61. The summed E-state index contributed by atoms with van der Waals surface area (Å²) in [6, 6.07) is -0.817. The minimum absolute atomic E-state index is 0.0419. The molecule has 5 unspecified atom stereocenters. The van der Waals surface area contributed by atoms with Crippen molar-refractivity contribution in [1.29, 1.82) is 0 Å². The minimum Gasteiger partial charge on any atom is -0.390 e. The summed E-state index contributed by atoms with van der Waals surface area (Å²) < 4.78 is 48.9. The number of ether oxygens (including phenoxy) is 2. The molecule has 0 aliphatic carbocycles. The molecule has 9 atom stereocenters. The molecule has 0 aromatic carbocycles. The first-order valence-electron chi connectivity index (χ1n) is 10.3. The Morgan fingerprint density at radius 2 is 1.94 bits per heavy atom. The zero-order chi connectivity index (χ0) is 25.4. The van der Waals surface area contributed by atoms with Crippen LogP contribution in [-0.4, -0.2) is 80.4 Å². The second kappa shape index (κ2) is 10.4. The highest BCUT2D eigenvalue weighted by Gasteiger charge is 2.45. The maximum Gasteiger partial charge on any atom is 0.483 e. The van der Waals surface area contributed by atoms with E-state index < -0.39 is 65.2 Å². The van der Waals surface area contributed by atoms with Gasteiger partial charge in [0.2, 0.25) is 0 Å². The summed E-state index contributed by atoms with van der Waals surface area (Å²) >= 11 is 0. The minimum atomic E-state index is -5.25. The summed E-state index contributed by atoms with van der Waals surface area (Å²) in [5, 5.41) is 22.7. The van der Waals surface area contributed by atoms with Crippen LogP contribution in [0.25, 0.3) is 0 Å². The Labute approximate surface area is 195 Å². The Kier molecular flexibility index (Phi) is 8.40. The number of rotatable bonds is 8. The van der Waals surface area contributed by atoms with Crippen molar-refractivity contribution in [2.24, 2.45) is 5.73 Å². The number of carbonyl (C=O) groups excluding carboxylic acids is 1. The zero-order valence-corrected chi connectivity index (χ0v) is 20.2. The molecule has 3 aliphatic rings. The van der Waals surface area contributed by atoms with Crippen LogP contribution < -0.4 is 11.1 Å². The monoisotopic (exact) mass is 529 g/mol. The fourth-order valence-electron chi connectivity index (χ4n) is 3.58. The molecule has 0 spiro atoms. The van der Waals surface area contributed by atoms with Crippen molar-refractivity contribution >= 4 is 21.6 Å². The van der Waals surface area contributed by atoms with E-state index >= 15 is 0 Å². The Hall–Kier alpha value is -1.19. The molecule has 7 N–H and O–H groups in total. The van der Waals surface area contributed by atoms with Crippen molar-refractivity contribution in [3.05, 3.63) is 24.2 Å². The third-order valence-corrected chi connectivity index (χ3v) is 7.91. The molecule has 34 heavy (non-hydrogen) atoms. The second-order valence-electron chi connectivity index (χ2n) is 8.18. The number of amides is 1. The lowest BCUT2D eigenvalue weighted by Gasteiger charge is -2.36. The first-order chi connectivity index (χ1) is 15.7. The van der Waals surface area contributed by atoms with Crippen LogP contribution >= 0.6 is 15.6 Å². The van der Waals surface area contributed by atoms with Crippen molar-refractivity contribution in [1.82, 2.24) is 10.2 Å². The van der Waals surface area contributed by atoms with Gasteiger partial charge < -0.3 is 45.4 Å². The third kappa shape index (κ3) is 6.72. The zero-order valence-electron chi connectivity index (χ0n) is 18.4. The molecule has 0 radical (unpaired) electrons. The van der Waals surface area contributed by atoms with Gasteiger partial charge in [0.05, 0.1) is 18.8 Å². The molecule has 194 valence electrons. The number of hydrogen-bond donors (Lipinski definition) is 6. The van der Waals surface area contributed by atoms with Crippen LogP contribution in [0.2, 0.25) is 0 Å². The van der Waals surface area contributed by atoms with E-state index in [0.29, 0.717) is 5.57 Å². The summed E-state index contributed by atoms with van der Waals surface area (Å²) in [4.78, 5) is 32.9. The van der Waals surface area contributed by atoms with Crippen molar-refractivity contribution < 1.29 is 56.8 Å². The van der Waals surface area contributed by atoms with Crippen molar-refractivity contribution in [2.45, 2.75) is 69.7 Å². The van der Waals surface area contributed by atoms with E-state index in [1.807, 2.05) is 0 Å². The van der Waals surface area contributed by atoms with E-state index in [1.165, 1.54) is 11.1 Å². The molecule has 2 saturated heterocycles. The number of nitrogens with two attached hydrogens (primary N) is 1. The van der Waals surface area contributed by atoms with Gasteiger partial charge in [-0.25, -0.2) is 9.13 Å². The van der Waals surface area contributed by atoms with Gasteiger partial charge in [0.25, 0.3) is 5.91 Å². The smallest absolute Gasteiger partial charge is 0.390 e. The molecular formula is C17H29N3O12P2. The first-order valence-corrected chi connectivity index (χ1v) is 13.3. The lowest BCUT2D eigenvalue weighted by atomic mass is 10.0. The van der Waals surface area contributed by atoms with Gasteiger partial charge in [0.1, 0.15) is 24.3 Å². The van der Waals surface area contributed by atoms with E-state index in [-0.39, 0.29) is 24.6 Å². The van der Waals surface area contributed by atoms with Crippen LogP contribution in [0.3, 0.4) is 0 Å². The van der Waals surface area contributed by atoms with Crippen molar-refractivity contribution in [2.75, 3.05) is 6.61 Å². The Morgan fingerprint density at radius 1 is 1.26 bits per heavy atom. The van der Waals surface area contributed by atoms with Crippen LogP contribution in [0.4, 0.5) is 0 Å². The van der Waals surface area contributed by atoms with Crippen molar-refractivity contribution in [3.8, 4) is 0 Å². The highest BCUT2D eigenvalue weighted by atomic mass is 31.3. The predicted molar refractivity (Wildman–Crippen MR) is 113 cm³/mol. The van der Waals surface area contributed by atoms with Crippen LogP contribution in [-0.2, 0) is 36.8 Å².